The fourth-order valence-corrected chi connectivity index (χ4v) is 26.1. The first kappa shape index (κ1) is 122. The van der Waals surface area contributed by atoms with Gasteiger partial charge in [0.25, 0.3) is 39.8 Å². The van der Waals surface area contributed by atoms with Gasteiger partial charge in [0.05, 0.1) is 13.2 Å². The van der Waals surface area contributed by atoms with Crippen LogP contribution < -0.4 is 0 Å². The zero-order chi connectivity index (χ0) is 106. The van der Waals surface area contributed by atoms with Gasteiger partial charge >= 0.3 is 67.7 Å². The Morgan fingerprint density at radius 1 is 0.246 bits per heavy atom. The topological polar surface area (TPSA) is 111 Å². The summed E-state index contributed by atoms with van der Waals surface area (Å²) in [4.78, 5) is 0. The number of ether oxygens (including phenoxy) is 12. The maximum Gasteiger partial charge on any atom is 0.426 e. The third-order valence-electron chi connectivity index (χ3n) is 35.0. The van der Waals surface area contributed by atoms with Crippen molar-refractivity contribution in [2.75, 3.05) is 88.8 Å². The summed E-state index contributed by atoms with van der Waals surface area (Å²) in [6.45, 7) is 19.3. The molecular weight excluding hydrogens is 1960 g/mol. The molecule has 12 rings (SSSR count). The highest BCUT2D eigenvalue weighted by Gasteiger charge is 2.82. The second-order valence-electron chi connectivity index (χ2n) is 41.0. The number of methoxy groups -OCH3 is 4. The number of alkyl halides is 36. The Morgan fingerprint density at radius 2 is 0.507 bits per heavy atom. The lowest BCUT2D eigenvalue weighted by Gasteiger charge is -2.45. The van der Waals surface area contributed by atoms with Gasteiger partial charge in [-0.15, -0.1) is 0 Å². The van der Waals surface area contributed by atoms with Crippen LogP contribution in [0.3, 0.4) is 0 Å². The molecule has 0 aromatic carbocycles. The molecule has 12 nitrogen and oxygen atoms in total. The fourth-order valence-electron chi connectivity index (χ4n) is 26.1. The largest absolute Gasteiger partial charge is 0.426 e. The van der Waals surface area contributed by atoms with Crippen LogP contribution in [0.4, 0.5) is 158 Å². The minimum atomic E-state index is -5.99. The number of hydrogen-bond donors (Lipinski definition) is 0. The second kappa shape index (κ2) is 44.0. The molecule has 12 saturated carbocycles. The second-order valence-corrected chi connectivity index (χ2v) is 41.0. The average molecular weight is 2090 g/mol. The van der Waals surface area contributed by atoms with E-state index in [2.05, 4.69) is 52.1 Å². The van der Waals surface area contributed by atoms with Crippen molar-refractivity contribution in [2.45, 2.75) is 313 Å². The maximum absolute atomic E-state index is 15.3. The maximum atomic E-state index is 15.3. The van der Waals surface area contributed by atoms with E-state index in [-0.39, 0.29) is 116 Å². The minimum absolute atomic E-state index is 0.0194. The molecule has 30 atom stereocenters. The Labute approximate surface area is 780 Å². The first-order chi connectivity index (χ1) is 62.7. The van der Waals surface area contributed by atoms with Gasteiger partial charge in [-0.3, -0.25) is 0 Å². The summed E-state index contributed by atoms with van der Waals surface area (Å²) in [5.41, 5.74) is -24.8. The number of hydrogen-bond acceptors (Lipinski definition) is 12. The number of halogens is 36. The molecule has 0 spiro atoms. The Balaban J connectivity index is 0.000000227. The Morgan fingerprint density at radius 3 is 0.761 bits per heavy atom. The minimum Gasteiger partial charge on any atom is -0.382 e. The van der Waals surface area contributed by atoms with Crippen molar-refractivity contribution in [1.29, 1.82) is 0 Å². The highest BCUT2D eigenvalue weighted by atomic mass is 19.5. The molecule has 0 heterocycles. The van der Waals surface area contributed by atoms with Crippen LogP contribution in [-0.2, 0) is 56.8 Å². The van der Waals surface area contributed by atoms with Crippen molar-refractivity contribution in [1.82, 2.24) is 0 Å². The van der Waals surface area contributed by atoms with Crippen LogP contribution in [0.5, 0.6) is 0 Å². The lowest BCUT2D eigenvalue weighted by atomic mass is 9.69. The smallest absolute Gasteiger partial charge is 0.382 e. The van der Waals surface area contributed by atoms with Gasteiger partial charge in [0.15, 0.2) is 5.67 Å². The van der Waals surface area contributed by atoms with Crippen LogP contribution in [0.25, 0.3) is 0 Å². The first-order valence-corrected chi connectivity index (χ1v) is 46.5. The first-order valence-electron chi connectivity index (χ1n) is 46.5. The molecule has 0 amide bonds. The molecule has 0 radical (unpaired) electrons. The highest BCUT2D eigenvalue weighted by molar-refractivity contribution is 5.19. The van der Waals surface area contributed by atoms with Crippen molar-refractivity contribution in [2.24, 2.45) is 166 Å². The van der Waals surface area contributed by atoms with Crippen LogP contribution >= 0.6 is 0 Å². The van der Waals surface area contributed by atoms with E-state index >= 15 is 4.39 Å². The quantitative estimate of drug-likeness (QED) is 0.0363. The van der Waals surface area contributed by atoms with Crippen LogP contribution in [0.2, 0.25) is 0 Å². The van der Waals surface area contributed by atoms with Crippen molar-refractivity contribution in [3.8, 4) is 0 Å². The summed E-state index contributed by atoms with van der Waals surface area (Å²) >= 11 is 0. The molecule has 0 aromatic heterocycles. The normalized spacial score (nSPS) is 36.6. The monoisotopic (exact) mass is 2090 g/mol. The van der Waals surface area contributed by atoms with E-state index < -0.39 is 251 Å². The van der Waals surface area contributed by atoms with E-state index in [9.17, 15) is 154 Å². The summed E-state index contributed by atoms with van der Waals surface area (Å²) in [5, 5.41) is 0. The fraction of sp³-hybridized carbons (Fsp3) is 1.00. The Bertz CT molecular complexity index is 3680. The van der Waals surface area contributed by atoms with Gasteiger partial charge in [-0.25, -0.2) is 17.6 Å². The molecule has 0 saturated heterocycles. The van der Waals surface area contributed by atoms with E-state index in [1.807, 2.05) is 62.3 Å². The third-order valence-corrected chi connectivity index (χ3v) is 35.0. The number of fused-ring (bicyclic) bond motifs is 12. The van der Waals surface area contributed by atoms with Gasteiger partial charge in [0.1, 0.15) is 34.0 Å². The van der Waals surface area contributed by atoms with Gasteiger partial charge < -0.3 is 56.8 Å². The molecule has 138 heavy (non-hydrogen) atoms. The van der Waals surface area contributed by atoms with E-state index in [1.54, 1.807) is 6.92 Å². The molecule has 12 aliphatic rings. The summed E-state index contributed by atoms with van der Waals surface area (Å²) in [6.07, 6.45) is -59.7. The zero-order valence-corrected chi connectivity index (χ0v) is 79.8. The summed E-state index contributed by atoms with van der Waals surface area (Å²) < 4.78 is 541. The lowest BCUT2D eigenvalue weighted by Crippen LogP contribution is -2.61. The molecule has 30 unspecified atom stereocenters. The van der Waals surface area contributed by atoms with Crippen molar-refractivity contribution in [3.05, 3.63) is 0 Å². The summed E-state index contributed by atoms with van der Waals surface area (Å²) in [5.74, 6) is -16.1. The molecule has 0 N–H and O–H groups in total. The molecule has 0 aromatic rings. The Kier molecular flexibility index (Phi) is 38.9. The molecule has 0 aliphatic heterocycles. The molecule has 816 valence electrons. The molecular formula is C90H132F36O12. The van der Waals surface area contributed by atoms with Crippen LogP contribution in [-0.4, -0.2) is 202 Å². The molecule has 12 aliphatic carbocycles. The highest BCUT2D eigenvalue weighted by Crippen LogP contribution is 2.71. The molecule has 12 bridgehead atoms. The summed E-state index contributed by atoms with van der Waals surface area (Å²) in [7, 11) is 4.44. The lowest BCUT2D eigenvalue weighted by molar-refractivity contribution is -0.398. The SMILES string of the molecule is CCOC(CC1CC2CC1C(C)C2C)(C(F)(F)F)C(F)(F)F.CCOCOC(CC1CC2CC1C(C)C2C)(C(F)(F)F)C(F)(F)F.COCCOCOC(CC1CC2CC1C(C)C2C)(C(F)(F)F)C(F)(F)F.COCOC(CC1CC2CC1C(C)C2C)(C(F)(F)F)C(F)(F)F.COCOC(CCC1(F)C2CC(C(C)C2C)C1(F)F)(C(F)(F)F)C(F)(F)F.COCOC1(F)C2CC(C(C)C2C)C1(F)F. The predicted molar refractivity (Wildman–Crippen MR) is 423 cm³/mol. The van der Waals surface area contributed by atoms with Gasteiger partial charge in [0, 0.05) is 65.3 Å². The van der Waals surface area contributed by atoms with Crippen LogP contribution in [0.1, 0.15) is 200 Å². The predicted octanol–water partition coefficient (Wildman–Crippen LogP) is 28.3. The average Bonchev–Trinajstić information content (AvgIpc) is 1.55. The Hall–Kier alpha value is -3.00. The third kappa shape index (κ3) is 23.1. The number of rotatable bonds is 32. The molecule has 48 heteroatoms. The van der Waals surface area contributed by atoms with Crippen LogP contribution in [0.15, 0.2) is 0 Å². The van der Waals surface area contributed by atoms with Gasteiger partial charge in [-0.1, -0.05) is 83.1 Å². The van der Waals surface area contributed by atoms with E-state index in [0.29, 0.717) is 68.6 Å². The zero-order valence-electron chi connectivity index (χ0n) is 79.8. The standard InChI is InChI=1S/C17H26F6O3.C16H21F9O2.C16H24F6O2.C15H22F6O2.C15H22F6O.C11H17F3O2/c1-10-11(2)14-7-12(10)6-13(14)8-15(16(18,19)20,17(21,22)23)26-9-25-5-4-24-3;1-8-9(2)11-6-10(8)12(17,14(11,18)19)4-5-13(15(20,21)22,16(23,24)25)27-7-26-3;1-4-23-8-24-14(15(17,18)19,16(20,21)22)7-12-5-11-6-13(12)10(3)9(11)2;1-8-9(2)12-5-10(8)4-11(12)6-13(14(16,17)18,15(19,20)21)23-7-22-3;1-4-22-13(14(16,17)18,15(19,20)21)7-11-5-10-6-12(11)9(3)8(10)2;1-6-7(2)9-4-8(6)10(12,13)11(9,14)16-5-15-3/h10-14H,4-9H2,1-3H3;8-11H,4-7H2,1-3H3;9-13H,4-8H2,1-3H3;8-12H,4-7H2,1-3H3;8-12H,4-7H2,1-3H3;6-9H,4-5H2,1-3H3. The van der Waals surface area contributed by atoms with E-state index in [1.165, 1.54) is 35.0 Å². The van der Waals surface area contributed by atoms with Crippen LogP contribution in [0, 0.1) is 166 Å². The summed E-state index contributed by atoms with van der Waals surface area (Å²) in [6, 6.07) is 0. The van der Waals surface area contributed by atoms with E-state index in [0.717, 1.165) is 27.6 Å². The van der Waals surface area contributed by atoms with Crippen molar-refractivity contribution < 1.29 is 215 Å². The molecule has 12 fully saturated rings. The van der Waals surface area contributed by atoms with E-state index in [4.69, 9.17) is 4.74 Å². The van der Waals surface area contributed by atoms with Crippen molar-refractivity contribution in [3.63, 3.8) is 0 Å². The van der Waals surface area contributed by atoms with Gasteiger partial charge in [0.2, 0.25) is 0 Å². The van der Waals surface area contributed by atoms with Gasteiger partial charge in [-0.05, 0) is 259 Å². The van der Waals surface area contributed by atoms with Crippen molar-refractivity contribution >= 4 is 0 Å². The van der Waals surface area contributed by atoms with Gasteiger partial charge in [-0.2, -0.15) is 140 Å².